The third kappa shape index (κ3) is 7.41. The van der Waals surface area contributed by atoms with Crippen molar-refractivity contribution < 1.29 is 19.2 Å². The molecule has 0 saturated heterocycles. The van der Waals surface area contributed by atoms with Gasteiger partial charge in [0.05, 0.1) is 11.1 Å². The minimum atomic E-state index is -0.848. The highest BCUT2D eigenvalue weighted by Gasteiger charge is 2.19. The predicted octanol–water partition coefficient (Wildman–Crippen LogP) is 2.54. The molecule has 9 heteroatoms. The molecule has 0 unspecified atom stereocenters. The van der Waals surface area contributed by atoms with E-state index >= 15 is 0 Å². The van der Waals surface area contributed by atoms with E-state index in [1.807, 2.05) is 0 Å². The van der Waals surface area contributed by atoms with Gasteiger partial charge >= 0.3 is 11.8 Å². The average molecular weight is 398 g/mol. The lowest BCUT2D eigenvalue weighted by atomic mass is 10.1. The number of nitrogens with one attached hydrogen (secondary N) is 2. The van der Waals surface area contributed by atoms with Gasteiger partial charge in [-0.1, -0.05) is 0 Å². The summed E-state index contributed by atoms with van der Waals surface area (Å²) in [5.74, 6) is -1.00. The minimum absolute atomic E-state index is 0.0281. The summed E-state index contributed by atoms with van der Waals surface area (Å²) in [6, 6.07) is 13.0. The Labute approximate surface area is 167 Å². The van der Waals surface area contributed by atoms with Crippen LogP contribution in [0, 0.1) is 10.1 Å². The van der Waals surface area contributed by atoms with Crippen molar-refractivity contribution in [3.63, 3.8) is 0 Å². The maximum atomic E-state index is 11.6. The Balaban J connectivity index is 1.83. The second-order valence-corrected chi connectivity index (χ2v) is 7.18. The van der Waals surface area contributed by atoms with E-state index in [1.54, 1.807) is 57.2 Å². The van der Waals surface area contributed by atoms with Crippen molar-refractivity contribution in [2.45, 2.75) is 32.9 Å². The summed E-state index contributed by atoms with van der Waals surface area (Å²) >= 11 is 0. The highest BCUT2D eigenvalue weighted by molar-refractivity contribution is 6.35. The lowest BCUT2D eigenvalue weighted by Gasteiger charge is -2.19. The van der Waals surface area contributed by atoms with Crippen LogP contribution in [0.3, 0.4) is 0 Å². The van der Waals surface area contributed by atoms with Crippen LogP contribution in [0.1, 0.15) is 31.9 Å². The zero-order valence-electron chi connectivity index (χ0n) is 16.3. The van der Waals surface area contributed by atoms with Gasteiger partial charge < -0.3 is 10.1 Å². The number of hydrogen-bond donors (Lipinski definition) is 2. The van der Waals surface area contributed by atoms with Gasteiger partial charge in [0.15, 0.2) is 0 Å². The molecular formula is C20H22N4O5. The highest BCUT2D eigenvalue weighted by Crippen LogP contribution is 2.16. The number of hydrazone groups is 1. The molecule has 0 aliphatic carbocycles. The molecule has 0 spiro atoms. The number of nitro groups is 1. The summed E-state index contributed by atoms with van der Waals surface area (Å²) in [5, 5.41) is 16.9. The zero-order valence-corrected chi connectivity index (χ0v) is 16.3. The first-order valence-electron chi connectivity index (χ1n) is 8.76. The van der Waals surface area contributed by atoms with Gasteiger partial charge in [0.25, 0.3) is 5.69 Å². The number of carbonyl (C=O) groups is 2. The fraction of sp³-hybridized carbons (Fsp3) is 0.250. The van der Waals surface area contributed by atoms with E-state index in [0.717, 1.165) is 5.56 Å². The van der Waals surface area contributed by atoms with Gasteiger partial charge in [-0.15, -0.1) is 0 Å². The van der Waals surface area contributed by atoms with Crippen molar-refractivity contribution in [1.82, 2.24) is 10.7 Å². The fourth-order valence-corrected chi connectivity index (χ4v) is 2.14. The number of benzene rings is 2. The first kappa shape index (κ1) is 21.5. The van der Waals surface area contributed by atoms with Gasteiger partial charge in [0, 0.05) is 17.7 Å². The topological polar surface area (TPSA) is 123 Å². The standard InChI is InChI=1S/C20H22N4O5/c1-20(2,3)22-18(25)19(26)23-21-12-14-6-10-17(11-7-14)29-13-15-4-8-16(9-5-15)24(27)28/h4-12H,13H2,1-3H3,(H,22,25)(H,23,26). The molecule has 0 heterocycles. The smallest absolute Gasteiger partial charge is 0.329 e. The molecule has 0 bridgehead atoms. The average Bonchev–Trinajstić information content (AvgIpc) is 2.66. The van der Waals surface area contributed by atoms with Gasteiger partial charge in [-0.25, -0.2) is 5.43 Å². The van der Waals surface area contributed by atoms with Crippen molar-refractivity contribution >= 4 is 23.7 Å². The number of rotatable bonds is 6. The normalized spacial score (nSPS) is 11.1. The Hall–Kier alpha value is -3.75. The van der Waals surface area contributed by atoms with Crippen LogP contribution in [0.15, 0.2) is 53.6 Å². The largest absolute Gasteiger partial charge is 0.489 e. The third-order valence-electron chi connectivity index (χ3n) is 3.51. The molecule has 0 fully saturated rings. The number of carbonyl (C=O) groups excluding carboxylic acids is 2. The van der Waals surface area contributed by atoms with Crippen LogP contribution in [-0.2, 0) is 16.2 Å². The van der Waals surface area contributed by atoms with Crippen molar-refractivity contribution in [2.75, 3.05) is 0 Å². The van der Waals surface area contributed by atoms with Crippen molar-refractivity contribution in [3.05, 3.63) is 69.8 Å². The second-order valence-electron chi connectivity index (χ2n) is 7.18. The van der Waals surface area contributed by atoms with E-state index in [0.29, 0.717) is 11.3 Å². The van der Waals surface area contributed by atoms with Crippen LogP contribution >= 0.6 is 0 Å². The molecule has 2 aromatic carbocycles. The molecule has 0 aliphatic rings. The first-order valence-corrected chi connectivity index (χ1v) is 8.76. The van der Waals surface area contributed by atoms with Gasteiger partial charge in [-0.3, -0.25) is 19.7 Å². The maximum Gasteiger partial charge on any atom is 0.329 e. The molecule has 0 radical (unpaired) electrons. The summed E-state index contributed by atoms with van der Waals surface area (Å²) in [6.07, 6.45) is 1.41. The fourth-order valence-electron chi connectivity index (χ4n) is 2.14. The summed E-state index contributed by atoms with van der Waals surface area (Å²) in [5.41, 5.74) is 3.18. The summed E-state index contributed by atoms with van der Waals surface area (Å²) in [4.78, 5) is 33.5. The van der Waals surface area contributed by atoms with Crippen LogP contribution in [0.4, 0.5) is 5.69 Å². The van der Waals surface area contributed by atoms with E-state index in [2.05, 4.69) is 15.8 Å². The van der Waals surface area contributed by atoms with Gasteiger partial charge in [0.1, 0.15) is 12.4 Å². The number of nitro benzene ring substituents is 1. The molecular weight excluding hydrogens is 376 g/mol. The number of amides is 2. The molecule has 9 nitrogen and oxygen atoms in total. The Morgan fingerprint density at radius 1 is 1.07 bits per heavy atom. The zero-order chi connectivity index (χ0) is 21.4. The summed E-state index contributed by atoms with van der Waals surface area (Å²) in [7, 11) is 0. The lowest BCUT2D eigenvalue weighted by Crippen LogP contribution is -2.47. The number of nitrogens with zero attached hydrogens (tertiary/aromatic N) is 2. The lowest BCUT2D eigenvalue weighted by molar-refractivity contribution is -0.384. The molecule has 0 aromatic heterocycles. The van der Waals surface area contributed by atoms with Gasteiger partial charge in [-0.2, -0.15) is 5.10 Å². The number of ether oxygens (including phenoxy) is 1. The molecule has 152 valence electrons. The Morgan fingerprint density at radius 3 is 2.24 bits per heavy atom. The quantitative estimate of drug-likeness (QED) is 0.335. The second kappa shape index (κ2) is 9.45. The van der Waals surface area contributed by atoms with Crippen LogP contribution in [0.25, 0.3) is 0 Å². The van der Waals surface area contributed by atoms with Crippen LogP contribution in [0.5, 0.6) is 5.75 Å². The van der Waals surface area contributed by atoms with Crippen LogP contribution in [-0.4, -0.2) is 28.5 Å². The molecule has 0 aliphatic heterocycles. The molecule has 2 amide bonds. The van der Waals surface area contributed by atoms with E-state index in [4.69, 9.17) is 4.74 Å². The van der Waals surface area contributed by atoms with E-state index in [1.165, 1.54) is 18.3 Å². The molecule has 0 atom stereocenters. The molecule has 2 rings (SSSR count). The van der Waals surface area contributed by atoms with E-state index < -0.39 is 22.3 Å². The SMILES string of the molecule is CC(C)(C)NC(=O)C(=O)NN=Cc1ccc(OCc2ccc([N+](=O)[O-])cc2)cc1. The van der Waals surface area contributed by atoms with Crippen LogP contribution in [0.2, 0.25) is 0 Å². The summed E-state index contributed by atoms with van der Waals surface area (Å²) in [6.45, 7) is 5.58. The minimum Gasteiger partial charge on any atom is -0.489 e. The predicted molar refractivity (Wildman–Crippen MR) is 108 cm³/mol. The Morgan fingerprint density at radius 2 is 1.69 bits per heavy atom. The van der Waals surface area contributed by atoms with E-state index in [-0.39, 0.29) is 12.3 Å². The Kier molecular flexibility index (Phi) is 7.02. The van der Waals surface area contributed by atoms with E-state index in [9.17, 15) is 19.7 Å². The Bertz CT molecular complexity index is 900. The van der Waals surface area contributed by atoms with Gasteiger partial charge in [0.2, 0.25) is 0 Å². The van der Waals surface area contributed by atoms with Crippen molar-refractivity contribution in [2.24, 2.45) is 5.10 Å². The third-order valence-corrected chi connectivity index (χ3v) is 3.51. The molecule has 0 saturated carbocycles. The van der Waals surface area contributed by atoms with Crippen molar-refractivity contribution in [1.29, 1.82) is 0 Å². The number of hydrogen-bond acceptors (Lipinski definition) is 6. The molecule has 29 heavy (non-hydrogen) atoms. The maximum absolute atomic E-state index is 11.6. The highest BCUT2D eigenvalue weighted by atomic mass is 16.6. The number of non-ortho nitro benzene ring substituents is 1. The molecule has 2 aromatic rings. The monoisotopic (exact) mass is 398 g/mol. The summed E-state index contributed by atoms with van der Waals surface area (Å²) < 4.78 is 5.63. The first-order chi connectivity index (χ1) is 13.6. The van der Waals surface area contributed by atoms with Crippen LogP contribution < -0.4 is 15.5 Å². The van der Waals surface area contributed by atoms with Crippen molar-refractivity contribution in [3.8, 4) is 5.75 Å². The van der Waals surface area contributed by atoms with Gasteiger partial charge in [-0.05, 0) is 68.3 Å². The molecule has 2 N–H and O–H groups in total.